The summed E-state index contributed by atoms with van der Waals surface area (Å²) in [5.74, 6) is -1.22. The zero-order chi connectivity index (χ0) is 23.6. The highest BCUT2D eigenvalue weighted by Crippen LogP contribution is 2.19. The van der Waals surface area contributed by atoms with E-state index in [1.54, 1.807) is 6.08 Å². The molecule has 0 radical (unpaired) electrons. The summed E-state index contributed by atoms with van der Waals surface area (Å²) in [4.78, 5) is 26.8. The van der Waals surface area contributed by atoms with E-state index < -0.39 is 29.8 Å². The Labute approximate surface area is 191 Å². The Bertz CT molecular complexity index is 708. The Morgan fingerprint density at radius 1 is 1.09 bits per heavy atom. The molecule has 0 heterocycles. The van der Waals surface area contributed by atoms with Crippen LogP contribution >= 0.6 is 0 Å². The van der Waals surface area contributed by atoms with E-state index in [1.165, 1.54) is 76.0 Å². The van der Waals surface area contributed by atoms with Crippen molar-refractivity contribution in [3.63, 3.8) is 0 Å². The molecule has 1 unspecified atom stereocenters. The fraction of sp³-hybridized carbons (Fsp3) is 0.680. The van der Waals surface area contributed by atoms with Gasteiger partial charge in [-0.05, 0) is 24.4 Å². The predicted molar refractivity (Wildman–Crippen MR) is 127 cm³/mol. The van der Waals surface area contributed by atoms with Crippen LogP contribution in [0.4, 0.5) is 0 Å². The van der Waals surface area contributed by atoms with Crippen LogP contribution in [0.15, 0.2) is 41.1 Å². The monoisotopic (exact) mass is 445 g/mol. The lowest BCUT2D eigenvalue weighted by molar-refractivity contribution is -0.126. The van der Waals surface area contributed by atoms with Crippen molar-refractivity contribution < 1.29 is 19.8 Å². The molecule has 0 aromatic carbocycles. The number of carbonyl (C=O) groups is 2. The van der Waals surface area contributed by atoms with Crippen LogP contribution in [0.5, 0.6) is 0 Å². The molecule has 0 bridgehead atoms. The molecule has 0 aliphatic heterocycles. The van der Waals surface area contributed by atoms with Crippen molar-refractivity contribution in [1.29, 1.82) is 0 Å². The number of aliphatic hydroxyl groups is 2. The first-order valence-electron chi connectivity index (χ1n) is 12.0. The number of rotatable bonds is 18. The summed E-state index contributed by atoms with van der Waals surface area (Å²) in [5, 5.41) is 23.6. The maximum Gasteiger partial charge on any atom is 0.188 e. The second-order valence-electron chi connectivity index (χ2n) is 8.43. The SMILES string of the molecule is CCCCCCCCCCCCC/C=C/[C@H](O)CC(O)C(=O)C1=CC=CC(=O)[C@H]1N=[N+]=[N-]. The molecule has 3 atom stereocenters. The number of carbonyl (C=O) groups excluding carboxylic acids is 2. The lowest BCUT2D eigenvalue weighted by Crippen LogP contribution is -2.33. The first-order chi connectivity index (χ1) is 15.5. The predicted octanol–water partition coefficient (Wildman–Crippen LogP) is 5.67. The normalized spacial score (nSPS) is 17.8. The Morgan fingerprint density at radius 2 is 1.69 bits per heavy atom. The van der Waals surface area contributed by atoms with Crippen molar-refractivity contribution in [2.75, 3.05) is 0 Å². The van der Waals surface area contributed by atoms with Gasteiger partial charge < -0.3 is 10.2 Å². The molecule has 0 fully saturated rings. The summed E-state index contributed by atoms with van der Waals surface area (Å²) < 4.78 is 0. The Balaban J connectivity index is 2.20. The van der Waals surface area contributed by atoms with Gasteiger partial charge in [0.2, 0.25) is 0 Å². The quantitative estimate of drug-likeness (QED) is 0.0927. The van der Waals surface area contributed by atoms with Gasteiger partial charge in [0.25, 0.3) is 0 Å². The topological polar surface area (TPSA) is 123 Å². The minimum absolute atomic E-state index is 0.0556. The van der Waals surface area contributed by atoms with Crippen LogP contribution < -0.4 is 0 Å². The van der Waals surface area contributed by atoms with E-state index in [-0.39, 0.29) is 12.0 Å². The van der Waals surface area contributed by atoms with E-state index >= 15 is 0 Å². The van der Waals surface area contributed by atoms with Gasteiger partial charge in [0.05, 0.1) is 6.10 Å². The maximum atomic E-state index is 12.4. The lowest BCUT2D eigenvalue weighted by atomic mass is 9.91. The zero-order valence-corrected chi connectivity index (χ0v) is 19.4. The van der Waals surface area contributed by atoms with Gasteiger partial charge in [-0.1, -0.05) is 101 Å². The molecule has 0 saturated heterocycles. The van der Waals surface area contributed by atoms with Gasteiger partial charge in [-0.25, -0.2) is 0 Å². The Morgan fingerprint density at radius 3 is 2.28 bits per heavy atom. The number of hydrogen-bond acceptors (Lipinski definition) is 5. The standard InChI is InChI=1S/C25H39N3O4/c1-2-3-4-5-6-7-8-9-10-11-12-13-14-16-20(29)19-23(31)25(32)21-17-15-18-22(30)24(21)27-28-26/h14-18,20,23-24,29,31H,2-13,19H2,1H3/b16-14+/t20-,23?,24-/m0/s1. The van der Waals surface area contributed by atoms with Crippen molar-refractivity contribution in [3.05, 3.63) is 46.4 Å². The molecule has 32 heavy (non-hydrogen) atoms. The molecule has 7 heteroatoms. The molecule has 1 aliphatic carbocycles. The largest absolute Gasteiger partial charge is 0.389 e. The summed E-state index contributed by atoms with van der Waals surface area (Å²) in [6.45, 7) is 2.24. The fourth-order valence-corrected chi connectivity index (χ4v) is 3.76. The Hall–Kier alpha value is -2.21. The number of azide groups is 1. The third kappa shape index (κ3) is 11.4. The summed E-state index contributed by atoms with van der Waals surface area (Å²) in [5.41, 5.74) is 8.54. The summed E-state index contributed by atoms with van der Waals surface area (Å²) >= 11 is 0. The van der Waals surface area contributed by atoms with Crippen molar-refractivity contribution >= 4 is 11.6 Å². The zero-order valence-electron chi connectivity index (χ0n) is 19.4. The van der Waals surface area contributed by atoms with Crippen LogP contribution in [0, 0.1) is 0 Å². The molecule has 1 rings (SSSR count). The van der Waals surface area contributed by atoms with Crippen molar-refractivity contribution in [1.82, 2.24) is 0 Å². The molecule has 1 aliphatic rings. The van der Waals surface area contributed by atoms with Crippen molar-refractivity contribution in [2.24, 2.45) is 5.11 Å². The van der Waals surface area contributed by atoms with E-state index in [1.807, 2.05) is 6.08 Å². The first-order valence-corrected chi connectivity index (χ1v) is 12.0. The molecule has 0 spiro atoms. The van der Waals surface area contributed by atoms with E-state index in [4.69, 9.17) is 5.53 Å². The number of hydrogen-bond donors (Lipinski definition) is 2. The van der Waals surface area contributed by atoms with Crippen LogP contribution in [0.25, 0.3) is 10.4 Å². The molecule has 178 valence electrons. The minimum atomic E-state index is -1.47. The van der Waals surface area contributed by atoms with Gasteiger partial charge in [-0.15, -0.1) is 0 Å². The van der Waals surface area contributed by atoms with Crippen LogP contribution in [0.1, 0.15) is 90.4 Å². The number of aliphatic hydroxyl groups excluding tert-OH is 2. The second kappa shape index (κ2) is 17.4. The van der Waals surface area contributed by atoms with Crippen molar-refractivity contribution in [2.45, 2.75) is 109 Å². The minimum Gasteiger partial charge on any atom is -0.389 e. The lowest BCUT2D eigenvalue weighted by Gasteiger charge is -2.18. The Kier molecular flexibility index (Phi) is 15.1. The number of Topliss-reactive ketones (excluding diaryl/α,β-unsaturated/α-hetero) is 1. The smallest absolute Gasteiger partial charge is 0.188 e. The van der Waals surface area contributed by atoms with Crippen LogP contribution in [-0.4, -0.2) is 40.0 Å². The number of nitrogens with zero attached hydrogens (tertiary/aromatic N) is 3. The van der Waals surface area contributed by atoms with E-state index in [2.05, 4.69) is 16.9 Å². The fourth-order valence-electron chi connectivity index (χ4n) is 3.76. The maximum absolute atomic E-state index is 12.4. The average Bonchev–Trinajstić information content (AvgIpc) is 2.78. The number of allylic oxidation sites excluding steroid dienone is 3. The number of ketones is 2. The summed E-state index contributed by atoms with van der Waals surface area (Å²) in [6, 6.07) is -1.26. The number of unbranched alkanes of at least 4 members (excludes halogenated alkanes) is 11. The van der Waals surface area contributed by atoms with Gasteiger partial charge in [-0.3, -0.25) is 9.59 Å². The van der Waals surface area contributed by atoms with Gasteiger partial charge in [0, 0.05) is 16.9 Å². The molecule has 0 aromatic heterocycles. The average molecular weight is 446 g/mol. The second-order valence-corrected chi connectivity index (χ2v) is 8.43. The summed E-state index contributed by atoms with van der Waals surface area (Å²) in [7, 11) is 0. The van der Waals surface area contributed by atoms with E-state index in [0.717, 1.165) is 19.3 Å². The molecule has 7 nitrogen and oxygen atoms in total. The van der Waals surface area contributed by atoms with Gasteiger partial charge >= 0.3 is 0 Å². The van der Waals surface area contributed by atoms with Crippen LogP contribution in [-0.2, 0) is 9.59 Å². The summed E-state index contributed by atoms with van der Waals surface area (Å²) in [6.07, 6.45) is 19.8. The molecular weight excluding hydrogens is 406 g/mol. The van der Waals surface area contributed by atoms with Gasteiger partial charge in [0.1, 0.15) is 12.1 Å². The van der Waals surface area contributed by atoms with Gasteiger partial charge in [0.15, 0.2) is 11.6 Å². The van der Waals surface area contributed by atoms with E-state index in [0.29, 0.717) is 0 Å². The molecular formula is C25H39N3O4. The first kappa shape index (κ1) is 27.8. The van der Waals surface area contributed by atoms with Crippen LogP contribution in [0.2, 0.25) is 0 Å². The highest BCUT2D eigenvalue weighted by atomic mass is 16.3. The molecule has 0 aromatic rings. The molecule has 0 amide bonds. The van der Waals surface area contributed by atoms with Crippen LogP contribution in [0.3, 0.4) is 0 Å². The van der Waals surface area contributed by atoms with Crippen molar-refractivity contribution in [3.8, 4) is 0 Å². The molecule has 0 saturated carbocycles. The third-order valence-electron chi connectivity index (χ3n) is 5.65. The third-order valence-corrected chi connectivity index (χ3v) is 5.65. The molecule has 2 N–H and O–H groups in total. The highest BCUT2D eigenvalue weighted by molar-refractivity contribution is 6.10. The van der Waals surface area contributed by atoms with E-state index in [9.17, 15) is 19.8 Å². The van der Waals surface area contributed by atoms with Gasteiger partial charge in [-0.2, -0.15) is 0 Å². The highest BCUT2D eigenvalue weighted by Gasteiger charge is 2.31.